The molecule has 2 saturated carbocycles. The van der Waals surface area contributed by atoms with E-state index in [1.54, 1.807) is 6.20 Å². The van der Waals surface area contributed by atoms with Gasteiger partial charge in [0.25, 0.3) is 5.92 Å². The van der Waals surface area contributed by atoms with Gasteiger partial charge in [0.2, 0.25) is 0 Å². The van der Waals surface area contributed by atoms with Gasteiger partial charge in [0.05, 0.1) is 5.03 Å². The number of hydrogen-bond donors (Lipinski definition) is 0. The third-order valence-corrected chi connectivity index (χ3v) is 6.68. The van der Waals surface area contributed by atoms with Crippen LogP contribution in [0, 0.1) is 11.8 Å². The fraction of sp³-hybridized carbons (Fsp3) is 0.643. The smallest absolute Gasteiger partial charge is 0.250 e. The molecule has 2 aliphatic rings. The van der Waals surface area contributed by atoms with E-state index >= 15 is 0 Å². The molecular weight excluding hydrogens is 323 g/mol. The molecule has 0 saturated heterocycles. The van der Waals surface area contributed by atoms with Crippen LogP contribution in [0.1, 0.15) is 25.7 Å². The Morgan fingerprint density at radius 1 is 1.25 bits per heavy atom. The lowest BCUT2D eigenvalue weighted by Crippen LogP contribution is -2.43. The van der Waals surface area contributed by atoms with E-state index in [0.717, 1.165) is 24.3 Å². The van der Waals surface area contributed by atoms with Gasteiger partial charge in [-0.25, -0.2) is 13.8 Å². The molecule has 2 aliphatic carbocycles. The van der Waals surface area contributed by atoms with E-state index in [1.165, 1.54) is 11.8 Å². The number of hydrogen-bond acceptors (Lipinski definition) is 2. The fourth-order valence-corrected chi connectivity index (χ4v) is 5.83. The Bertz CT molecular complexity index is 483. The molecule has 0 radical (unpaired) electrons. The first-order chi connectivity index (χ1) is 9.42. The van der Waals surface area contributed by atoms with Gasteiger partial charge in [-0.05, 0) is 30.9 Å². The predicted octanol–water partition coefficient (Wildman–Crippen LogP) is 5.17. The van der Waals surface area contributed by atoms with Crippen molar-refractivity contribution in [3.8, 4) is 0 Å². The van der Waals surface area contributed by atoms with Crippen LogP contribution >= 0.6 is 35.0 Å². The highest BCUT2D eigenvalue weighted by atomic mass is 35.5. The SMILES string of the molecule is FC1(F)C[C@@H]2CCC[C@@H](Sc3ccccn3)[C@@H]2C1(Cl)Cl. The normalized spacial score (nSPS) is 34.7. The molecule has 6 heteroatoms. The van der Waals surface area contributed by atoms with Crippen molar-refractivity contribution in [1.29, 1.82) is 0 Å². The van der Waals surface area contributed by atoms with Gasteiger partial charge in [-0.1, -0.05) is 35.7 Å². The molecule has 2 fully saturated rings. The number of rotatable bonds is 2. The largest absolute Gasteiger partial charge is 0.281 e. The molecule has 20 heavy (non-hydrogen) atoms. The summed E-state index contributed by atoms with van der Waals surface area (Å²) in [4.78, 5) is 4.26. The Kier molecular flexibility index (Phi) is 3.93. The second-order valence-corrected chi connectivity index (χ2v) is 8.22. The standard InChI is InChI=1S/C14H15Cl2F2NS/c15-14(16)12-9(8-13(14,17)18)4-3-5-10(12)20-11-6-1-2-7-19-11/h1-2,6-7,9-10,12H,3-5,8H2/t9-,10+,12+/m0/s1. The van der Waals surface area contributed by atoms with Crippen molar-refractivity contribution in [3.05, 3.63) is 24.4 Å². The molecule has 1 heterocycles. The molecule has 3 atom stereocenters. The fourth-order valence-electron chi connectivity index (χ4n) is 3.42. The zero-order valence-corrected chi connectivity index (χ0v) is 13.1. The van der Waals surface area contributed by atoms with E-state index in [-0.39, 0.29) is 23.5 Å². The van der Waals surface area contributed by atoms with Crippen LogP contribution in [0.3, 0.4) is 0 Å². The van der Waals surface area contributed by atoms with Crippen LogP contribution in [0.15, 0.2) is 29.4 Å². The van der Waals surface area contributed by atoms with Crippen LogP contribution < -0.4 is 0 Å². The van der Waals surface area contributed by atoms with Gasteiger partial charge >= 0.3 is 0 Å². The number of pyridine rings is 1. The Morgan fingerprint density at radius 2 is 2.05 bits per heavy atom. The van der Waals surface area contributed by atoms with E-state index in [4.69, 9.17) is 23.2 Å². The number of thioether (sulfide) groups is 1. The molecule has 0 bridgehead atoms. The average Bonchev–Trinajstić information content (AvgIpc) is 2.57. The van der Waals surface area contributed by atoms with Crippen molar-refractivity contribution >= 4 is 35.0 Å². The topological polar surface area (TPSA) is 12.9 Å². The van der Waals surface area contributed by atoms with E-state index in [9.17, 15) is 8.78 Å². The maximum absolute atomic E-state index is 14.0. The quantitative estimate of drug-likeness (QED) is 0.690. The van der Waals surface area contributed by atoms with Crippen LogP contribution in [0.5, 0.6) is 0 Å². The lowest BCUT2D eigenvalue weighted by molar-refractivity contribution is -0.00555. The summed E-state index contributed by atoms with van der Waals surface area (Å²) in [5.74, 6) is -3.46. The molecule has 0 aromatic carbocycles. The van der Waals surface area contributed by atoms with E-state index < -0.39 is 10.3 Å². The Morgan fingerprint density at radius 3 is 2.75 bits per heavy atom. The van der Waals surface area contributed by atoms with Crippen molar-refractivity contribution in [2.24, 2.45) is 11.8 Å². The molecule has 1 nitrogen and oxygen atoms in total. The molecule has 0 amide bonds. The number of halogens is 4. The molecule has 0 N–H and O–H groups in total. The van der Waals surface area contributed by atoms with Gasteiger partial charge in [0.1, 0.15) is 0 Å². The minimum atomic E-state index is -3.00. The Balaban J connectivity index is 1.85. The van der Waals surface area contributed by atoms with Gasteiger partial charge < -0.3 is 0 Å². The van der Waals surface area contributed by atoms with Crippen molar-refractivity contribution in [3.63, 3.8) is 0 Å². The van der Waals surface area contributed by atoms with Crippen LogP contribution in [0.25, 0.3) is 0 Å². The van der Waals surface area contributed by atoms with Crippen LogP contribution in [-0.2, 0) is 0 Å². The summed E-state index contributed by atoms with van der Waals surface area (Å²) in [6.45, 7) is 0. The van der Waals surface area contributed by atoms with Crippen molar-refractivity contribution in [1.82, 2.24) is 4.98 Å². The molecule has 0 aliphatic heterocycles. The Labute approximate surface area is 131 Å². The highest BCUT2D eigenvalue weighted by Gasteiger charge is 2.67. The third kappa shape index (κ3) is 2.44. The second kappa shape index (κ2) is 5.29. The van der Waals surface area contributed by atoms with E-state index in [1.807, 2.05) is 18.2 Å². The second-order valence-electron chi connectivity index (χ2n) is 5.57. The van der Waals surface area contributed by atoms with Crippen LogP contribution in [0.2, 0.25) is 0 Å². The average molecular weight is 338 g/mol. The highest BCUT2D eigenvalue weighted by Crippen LogP contribution is 2.63. The summed E-state index contributed by atoms with van der Waals surface area (Å²) in [6.07, 6.45) is 4.12. The molecule has 1 aromatic rings. The number of fused-ring (bicyclic) bond motifs is 1. The summed E-state index contributed by atoms with van der Waals surface area (Å²) in [5.41, 5.74) is 0. The highest BCUT2D eigenvalue weighted by molar-refractivity contribution is 7.99. The lowest BCUT2D eigenvalue weighted by atomic mass is 9.81. The predicted molar refractivity (Wildman–Crippen MR) is 78.7 cm³/mol. The first kappa shape index (κ1) is 14.9. The molecular formula is C14H15Cl2F2NS. The third-order valence-electron chi connectivity index (χ3n) is 4.31. The van der Waals surface area contributed by atoms with Gasteiger partial charge in [0.15, 0.2) is 4.33 Å². The van der Waals surface area contributed by atoms with E-state index in [0.29, 0.717) is 0 Å². The summed E-state index contributed by atoms with van der Waals surface area (Å²) < 4.78 is 26.1. The minimum absolute atomic E-state index is 0.00650. The van der Waals surface area contributed by atoms with Gasteiger partial charge in [-0.15, -0.1) is 11.8 Å². The first-order valence-electron chi connectivity index (χ1n) is 6.75. The maximum atomic E-state index is 14.0. The summed E-state index contributed by atoms with van der Waals surface area (Å²) in [5, 5.41) is 0.851. The first-order valence-corrected chi connectivity index (χ1v) is 8.39. The molecule has 110 valence electrons. The minimum Gasteiger partial charge on any atom is -0.250 e. The van der Waals surface area contributed by atoms with Crippen molar-refractivity contribution in [2.45, 2.75) is 46.2 Å². The van der Waals surface area contributed by atoms with Gasteiger partial charge in [0, 0.05) is 23.8 Å². The molecule has 0 spiro atoms. The van der Waals surface area contributed by atoms with Gasteiger partial charge in [-0.2, -0.15) is 0 Å². The van der Waals surface area contributed by atoms with E-state index in [2.05, 4.69) is 4.98 Å². The Hall–Kier alpha value is -0.0600. The van der Waals surface area contributed by atoms with Crippen LogP contribution in [-0.4, -0.2) is 20.5 Å². The number of aromatic nitrogens is 1. The summed E-state index contributed by atoms with van der Waals surface area (Å²) >= 11 is 13.7. The summed E-state index contributed by atoms with van der Waals surface area (Å²) in [7, 11) is 0. The molecule has 1 aromatic heterocycles. The number of nitrogens with zero attached hydrogens (tertiary/aromatic N) is 1. The lowest BCUT2D eigenvalue weighted by Gasteiger charge is -2.37. The zero-order valence-electron chi connectivity index (χ0n) is 10.7. The molecule has 0 unspecified atom stereocenters. The summed E-state index contributed by atoms with van der Waals surface area (Å²) in [6, 6.07) is 5.63. The number of alkyl halides is 4. The molecule has 3 rings (SSSR count). The van der Waals surface area contributed by atoms with Gasteiger partial charge in [-0.3, -0.25) is 0 Å². The zero-order chi connectivity index (χ0) is 14.4. The maximum Gasteiger partial charge on any atom is 0.281 e. The monoisotopic (exact) mass is 337 g/mol. The van der Waals surface area contributed by atoms with Crippen LogP contribution in [0.4, 0.5) is 8.78 Å². The van der Waals surface area contributed by atoms with Crippen molar-refractivity contribution < 1.29 is 8.78 Å². The van der Waals surface area contributed by atoms with Crippen molar-refractivity contribution in [2.75, 3.05) is 0 Å².